The molecule has 1 aliphatic heterocycles. The van der Waals surface area contributed by atoms with E-state index in [1.807, 2.05) is 12.1 Å². The van der Waals surface area contributed by atoms with Gasteiger partial charge in [-0.25, -0.2) is 17.5 Å². The van der Waals surface area contributed by atoms with Crippen LogP contribution in [-0.4, -0.2) is 34.7 Å². The van der Waals surface area contributed by atoms with Crippen molar-refractivity contribution in [3.63, 3.8) is 0 Å². The minimum absolute atomic E-state index is 0.00508. The quantitative estimate of drug-likeness (QED) is 0.499. The predicted molar refractivity (Wildman–Crippen MR) is 114 cm³/mol. The summed E-state index contributed by atoms with van der Waals surface area (Å²) in [5.74, 6) is -0.284. The second-order valence-electron chi connectivity index (χ2n) is 7.27. The van der Waals surface area contributed by atoms with E-state index in [1.54, 1.807) is 23.0 Å². The normalized spacial score (nSPS) is 16.4. The van der Waals surface area contributed by atoms with E-state index in [0.29, 0.717) is 23.1 Å². The molecule has 2 aromatic heterocycles. The Hall–Kier alpha value is -3.73. The molecule has 11 heteroatoms. The second-order valence-corrected chi connectivity index (χ2v) is 9.13. The first-order chi connectivity index (χ1) is 14.8. The summed E-state index contributed by atoms with van der Waals surface area (Å²) in [6.07, 6.45) is 2.08. The van der Waals surface area contributed by atoms with Crippen molar-refractivity contribution in [3.05, 3.63) is 66.1 Å². The standard InChI is InChI=1S/C20H18FN7O2S/c21-13-5-7-15(8-6-13)31(29,30)27-11-14(9-12-3-1-2-4-17(12)27)28-19-16(10-24-28)18(22)25-20(23)26-19/h1-8,10,14H,9,11H2,(H4,22,23,25,26). The number of nitrogen functional groups attached to an aromatic ring is 2. The molecule has 2 aromatic carbocycles. The third kappa shape index (κ3) is 3.13. The molecule has 0 fully saturated rings. The van der Waals surface area contributed by atoms with E-state index in [0.717, 1.165) is 17.7 Å². The molecule has 1 atom stereocenters. The number of sulfonamides is 1. The third-order valence-electron chi connectivity index (χ3n) is 5.34. The Bertz CT molecular complexity index is 1400. The van der Waals surface area contributed by atoms with Crippen molar-refractivity contribution < 1.29 is 12.8 Å². The number of benzene rings is 2. The number of anilines is 3. The van der Waals surface area contributed by atoms with Crippen LogP contribution in [0.5, 0.6) is 0 Å². The van der Waals surface area contributed by atoms with Gasteiger partial charge in [-0.1, -0.05) is 18.2 Å². The predicted octanol–water partition coefficient (Wildman–Crippen LogP) is 2.12. The van der Waals surface area contributed by atoms with E-state index in [4.69, 9.17) is 11.5 Å². The zero-order valence-corrected chi connectivity index (χ0v) is 17.0. The van der Waals surface area contributed by atoms with Gasteiger partial charge < -0.3 is 11.5 Å². The lowest BCUT2D eigenvalue weighted by Gasteiger charge is -2.35. The highest BCUT2D eigenvalue weighted by Crippen LogP contribution is 2.36. The van der Waals surface area contributed by atoms with Crippen LogP contribution in [0, 0.1) is 5.82 Å². The van der Waals surface area contributed by atoms with E-state index in [9.17, 15) is 12.8 Å². The second kappa shape index (κ2) is 6.91. The summed E-state index contributed by atoms with van der Waals surface area (Å²) in [5, 5.41) is 4.94. The van der Waals surface area contributed by atoms with E-state index >= 15 is 0 Å². The molecule has 158 valence electrons. The topological polar surface area (TPSA) is 133 Å². The van der Waals surface area contributed by atoms with Crippen LogP contribution in [0.2, 0.25) is 0 Å². The maximum Gasteiger partial charge on any atom is 0.264 e. The lowest BCUT2D eigenvalue weighted by atomic mass is 10.00. The smallest absolute Gasteiger partial charge is 0.264 e. The number of halogens is 1. The molecule has 3 heterocycles. The van der Waals surface area contributed by atoms with Gasteiger partial charge in [0.15, 0.2) is 5.65 Å². The summed E-state index contributed by atoms with van der Waals surface area (Å²) in [4.78, 5) is 8.22. The molecule has 1 unspecified atom stereocenters. The maximum absolute atomic E-state index is 13.5. The summed E-state index contributed by atoms with van der Waals surface area (Å²) < 4.78 is 43.2. The SMILES string of the molecule is Nc1nc(N)c2cnn(C3Cc4ccccc4N(S(=O)(=O)c4ccc(F)cc4)C3)c2n1. The number of hydrogen-bond acceptors (Lipinski definition) is 7. The largest absolute Gasteiger partial charge is 0.383 e. The molecule has 5 rings (SSSR count). The molecule has 1 aliphatic rings. The highest BCUT2D eigenvalue weighted by molar-refractivity contribution is 7.92. The molecule has 0 saturated carbocycles. The van der Waals surface area contributed by atoms with Crippen molar-refractivity contribution in [1.29, 1.82) is 0 Å². The van der Waals surface area contributed by atoms with Crippen molar-refractivity contribution in [2.24, 2.45) is 0 Å². The Morgan fingerprint density at radius 3 is 2.55 bits per heavy atom. The molecular formula is C20H18FN7O2S. The van der Waals surface area contributed by atoms with Gasteiger partial charge in [0, 0.05) is 0 Å². The minimum atomic E-state index is -3.94. The van der Waals surface area contributed by atoms with E-state index in [1.165, 1.54) is 16.4 Å². The molecule has 4 aromatic rings. The Balaban J connectivity index is 1.63. The van der Waals surface area contributed by atoms with Gasteiger partial charge >= 0.3 is 0 Å². The summed E-state index contributed by atoms with van der Waals surface area (Å²) in [6.45, 7) is 0.108. The van der Waals surface area contributed by atoms with Crippen LogP contribution >= 0.6 is 0 Å². The Morgan fingerprint density at radius 2 is 1.77 bits per heavy atom. The molecule has 0 amide bonds. The van der Waals surface area contributed by atoms with Crippen LogP contribution in [0.15, 0.2) is 59.6 Å². The average Bonchev–Trinajstić information content (AvgIpc) is 3.17. The average molecular weight is 439 g/mol. The van der Waals surface area contributed by atoms with Crippen LogP contribution in [0.1, 0.15) is 11.6 Å². The Labute approximate surface area is 177 Å². The molecule has 0 spiro atoms. The van der Waals surface area contributed by atoms with Crippen LogP contribution in [0.25, 0.3) is 11.0 Å². The molecule has 4 N–H and O–H groups in total. The van der Waals surface area contributed by atoms with Gasteiger partial charge in [0.25, 0.3) is 10.0 Å². The zero-order chi connectivity index (χ0) is 21.8. The monoisotopic (exact) mass is 439 g/mol. The van der Waals surface area contributed by atoms with Gasteiger partial charge in [-0.15, -0.1) is 0 Å². The van der Waals surface area contributed by atoms with Crippen LogP contribution in [0.3, 0.4) is 0 Å². The number of fused-ring (bicyclic) bond motifs is 2. The summed E-state index contributed by atoms with van der Waals surface area (Å²) in [6, 6.07) is 11.7. The first kappa shape index (κ1) is 19.2. The van der Waals surface area contributed by atoms with Gasteiger partial charge in [-0.05, 0) is 42.3 Å². The summed E-state index contributed by atoms with van der Waals surface area (Å²) in [7, 11) is -3.94. The van der Waals surface area contributed by atoms with Crippen molar-refractivity contribution >= 4 is 38.5 Å². The van der Waals surface area contributed by atoms with E-state index in [-0.39, 0.29) is 29.2 Å². The molecule has 0 radical (unpaired) electrons. The minimum Gasteiger partial charge on any atom is -0.383 e. The van der Waals surface area contributed by atoms with E-state index < -0.39 is 15.8 Å². The molecule has 9 nitrogen and oxygen atoms in total. The van der Waals surface area contributed by atoms with Gasteiger partial charge in [0.1, 0.15) is 11.6 Å². The highest BCUT2D eigenvalue weighted by atomic mass is 32.2. The fourth-order valence-electron chi connectivity index (χ4n) is 3.89. The number of aromatic nitrogens is 4. The van der Waals surface area contributed by atoms with Gasteiger partial charge in [-0.3, -0.25) is 4.31 Å². The fraction of sp³-hybridized carbons (Fsp3) is 0.150. The lowest BCUT2D eigenvalue weighted by molar-refractivity contribution is 0.456. The Morgan fingerprint density at radius 1 is 1.03 bits per heavy atom. The highest BCUT2D eigenvalue weighted by Gasteiger charge is 2.35. The number of para-hydroxylation sites is 1. The fourth-order valence-corrected chi connectivity index (χ4v) is 5.43. The van der Waals surface area contributed by atoms with Crippen molar-refractivity contribution in [2.45, 2.75) is 17.4 Å². The van der Waals surface area contributed by atoms with Crippen LogP contribution in [-0.2, 0) is 16.4 Å². The number of nitrogens with two attached hydrogens (primary N) is 2. The molecule has 0 aliphatic carbocycles. The van der Waals surface area contributed by atoms with Crippen molar-refractivity contribution in [2.75, 3.05) is 22.3 Å². The molecule has 0 saturated heterocycles. The maximum atomic E-state index is 13.5. The molecule has 0 bridgehead atoms. The zero-order valence-electron chi connectivity index (χ0n) is 16.2. The Kier molecular flexibility index (Phi) is 4.29. The first-order valence-corrected chi connectivity index (χ1v) is 10.9. The molecular weight excluding hydrogens is 421 g/mol. The number of hydrogen-bond donors (Lipinski definition) is 2. The summed E-state index contributed by atoms with van der Waals surface area (Å²) in [5.41, 5.74) is 13.6. The van der Waals surface area contributed by atoms with Crippen molar-refractivity contribution in [3.8, 4) is 0 Å². The summed E-state index contributed by atoms with van der Waals surface area (Å²) >= 11 is 0. The third-order valence-corrected chi connectivity index (χ3v) is 7.13. The van der Waals surface area contributed by atoms with Crippen LogP contribution in [0.4, 0.5) is 21.8 Å². The van der Waals surface area contributed by atoms with Gasteiger partial charge in [0.05, 0.1) is 34.8 Å². The number of nitrogens with zero attached hydrogens (tertiary/aromatic N) is 5. The first-order valence-electron chi connectivity index (χ1n) is 9.47. The van der Waals surface area contributed by atoms with Crippen LogP contribution < -0.4 is 15.8 Å². The van der Waals surface area contributed by atoms with Crippen molar-refractivity contribution in [1.82, 2.24) is 19.7 Å². The van der Waals surface area contributed by atoms with E-state index in [2.05, 4.69) is 15.1 Å². The van der Waals surface area contributed by atoms with Gasteiger partial charge in [-0.2, -0.15) is 15.1 Å². The number of rotatable bonds is 3. The van der Waals surface area contributed by atoms with Gasteiger partial charge in [0.2, 0.25) is 5.95 Å². The lowest BCUT2D eigenvalue weighted by Crippen LogP contribution is -2.41. The molecule has 31 heavy (non-hydrogen) atoms.